The van der Waals surface area contributed by atoms with Crippen molar-refractivity contribution in [3.8, 4) is 11.5 Å². The molecule has 1 heterocycles. The van der Waals surface area contributed by atoms with Crippen molar-refractivity contribution in [2.24, 2.45) is 5.41 Å². The van der Waals surface area contributed by atoms with E-state index in [1.807, 2.05) is 6.07 Å². The van der Waals surface area contributed by atoms with Gasteiger partial charge in [-0.2, -0.15) is 0 Å². The lowest BCUT2D eigenvalue weighted by Gasteiger charge is -2.43. The maximum Gasteiger partial charge on any atom is 0.163 e. The Bertz CT molecular complexity index is 494. The summed E-state index contributed by atoms with van der Waals surface area (Å²) in [5.41, 5.74) is 0.924. The minimum Gasteiger partial charge on any atom is -0.504 e. The molecule has 118 valence electrons. The Morgan fingerprint density at radius 1 is 1.29 bits per heavy atom. The highest BCUT2D eigenvalue weighted by molar-refractivity contribution is 9.10. The second kappa shape index (κ2) is 6.55. The van der Waals surface area contributed by atoms with Crippen molar-refractivity contribution >= 4 is 15.9 Å². The Morgan fingerprint density at radius 3 is 2.43 bits per heavy atom. The maximum atomic E-state index is 10.6. The van der Waals surface area contributed by atoms with E-state index >= 15 is 0 Å². The van der Waals surface area contributed by atoms with Crippen molar-refractivity contribution in [2.45, 2.75) is 26.8 Å². The highest BCUT2D eigenvalue weighted by atomic mass is 79.9. The molecule has 0 amide bonds. The highest BCUT2D eigenvalue weighted by Gasteiger charge is 2.36. The third kappa shape index (κ3) is 3.52. The molecular formula is C16H25BrN2O2. The Morgan fingerprint density at radius 2 is 1.90 bits per heavy atom. The van der Waals surface area contributed by atoms with Crippen molar-refractivity contribution in [1.29, 1.82) is 0 Å². The Labute approximate surface area is 135 Å². The number of ether oxygens (including phenoxy) is 1. The molecule has 1 saturated heterocycles. The van der Waals surface area contributed by atoms with Crippen LogP contribution in [0.3, 0.4) is 0 Å². The number of nitrogens with one attached hydrogen (secondary N) is 1. The van der Waals surface area contributed by atoms with E-state index in [1.165, 1.54) is 0 Å². The molecule has 2 rings (SSSR count). The minimum absolute atomic E-state index is 0.00368. The minimum atomic E-state index is 0.00368. The summed E-state index contributed by atoms with van der Waals surface area (Å²) in [6.45, 7) is 10.6. The first-order chi connectivity index (χ1) is 9.86. The van der Waals surface area contributed by atoms with Crippen molar-refractivity contribution in [1.82, 2.24) is 10.2 Å². The summed E-state index contributed by atoms with van der Waals surface area (Å²) >= 11 is 3.61. The van der Waals surface area contributed by atoms with Crippen molar-refractivity contribution < 1.29 is 9.84 Å². The topological polar surface area (TPSA) is 44.7 Å². The molecule has 21 heavy (non-hydrogen) atoms. The van der Waals surface area contributed by atoms with Crippen LogP contribution < -0.4 is 10.1 Å². The smallest absolute Gasteiger partial charge is 0.163 e. The molecule has 0 bridgehead atoms. The summed E-state index contributed by atoms with van der Waals surface area (Å²) < 4.78 is 6.22. The van der Waals surface area contributed by atoms with Crippen molar-refractivity contribution in [3.05, 3.63) is 22.2 Å². The molecule has 0 aliphatic carbocycles. The van der Waals surface area contributed by atoms with Crippen LogP contribution in [0, 0.1) is 5.41 Å². The van der Waals surface area contributed by atoms with E-state index in [-0.39, 0.29) is 17.2 Å². The predicted molar refractivity (Wildman–Crippen MR) is 89.0 cm³/mol. The van der Waals surface area contributed by atoms with Crippen LogP contribution in [0.1, 0.15) is 32.4 Å². The molecule has 1 aromatic rings. The average Bonchev–Trinajstić information content (AvgIpc) is 2.43. The number of hydrogen-bond donors (Lipinski definition) is 2. The lowest BCUT2D eigenvalue weighted by atomic mass is 9.80. The van der Waals surface area contributed by atoms with Gasteiger partial charge in [-0.05, 0) is 17.5 Å². The average molecular weight is 357 g/mol. The van der Waals surface area contributed by atoms with Crippen LogP contribution in [-0.2, 0) is 0 Å². The standard InChI is InChI=1S/C16H25BrN2O2/c1-16(2,3)15(19-9-7-18-8-10-19)13-11(17)5-6-12(21-4)14(13)20/h5-6,15,18,20H,7-10H2,1-4H3/t15-/m0/s1. The zero-order valence-electron chi connectivity index (χ0n) is 13.2. The lowest BCUT2D eigenvalue weighted by Crippen LogP contribution is -2.48. The van der Waals surface area contributed by atoms with Gasteiger partial charge in [0.2, 0.25) is 0 Å². The van der Waals surface area contributed by atoms with Crippen molar-refractivity contribution in [2.75, 3.05) is 33.3 Å². The number of halogens is 1. The van der Waals surface area contributed by atoms with E-state index in [9.17, 15) is 5.11 Å². The fourth-order valence-corrected chi connectivity index (χ4v) is 3.63. The molecule has 4 nitrogen and oxygen atoms in total. The molecule has 0 saturated carbocycles. The summed E-state index contributed by atoms with van der Waals surface area (Å²) in [4.78, 5) is 2.44. The van der Waals surface area contributed by atoms with Crippen LogP contribution in [0.5, 0.6) is 11.5 Å². The normalized spacial score (nSPS) is 18.5. The van der Waals surface area contributed by atoms with E-state index in [2.05, 4.69) is 46.9 Å². The van der Waals surface area contributed by atoms with E-state index in [1.54, 1.807) is 13.2 Å². The number of aromatic hydroxyl groups is 1. The van der Waals surface area contributed by atoms with Gasteiger partial charge in [0, 0.05) is 42.3 Å². The number of nitrogens with zero attached hydrogens (tertiary/aromatic N) is 1. The third-order valence-electron chi connectivity index (χ3n) is 3.96. The van der Waals surface area contributed by atoms with Crippen LogP contribution in [0.4, 0.5) is 0 Å². The monoisotopic (exact) mass is 356 g/mol. The molecule has 0 radical (unpaired) electrons. The largest absolute Gasteiger partial charge is 0.504 e. The quantitative estimate of drug-likeness (QED) is 0.872. The third-order valence-corrected chi connectivity index (χ3v) is 4.65. The molecular weight excluding hydrogens is 332 g/mol. The molecule has 0 aromatic heterocycles. The second-order valence-electron chi connectivity index (χ2n) is 6.57. The molecule has 0 spiro atoms. The van der Waals surface area contributed by atoms with Gasteiger partial charge in [0.05, 0.1) is 7.11 Å². The van der Waals surface area contributed by atoms with Gasteiger partial charge in [-0.3, -0.25) is 4.90 Å². The summed E-state index contributed by atoms with van der Waals surface area (Å²) in [6, 6.07) is 3.87. The Kier molecular flexibility index (Phi) is 5.17. The number of phenols is 1. The fourth-order valence-electron chi connectivity index (χ4n) is 3.09. The first kappa shape index (κ1) is 16.6. The van der Waals surface area contributed by atoms with Gasteiger partial charge in [-0.15, -0.1) is 0 Å². The van der Waals surface area contributed by atoms with Gasteiger partial charge in [0.25, 0.3) is 0 Å². The van der Waals surface area contributed by atoms with Gasteiger partial charge in [0.15, 0.2) is 11.5 Å². The van der Waals surface area contributed by atoms with Crippen LogP contribution in [-0.4, -0.2) is 43.3 Å². The Hall–Kier alpha value is -0.780. The fraction of sp³-hybridized carbons (Fsp3) is 0.625. The maximum absolute atomic E-state index is 10.6. The zero-order chi connectivity index (χ0) is 15.6. The van der Waals surface area contributed by atoms with Gasteiger partial charge in [0.1, 0.15) is 0 Å². The summed E-state index contributed by atoms with van der Waals surface area (Å²) in [6.07, 6.45) is 0. The van der Waals surface area contributed by atoms with E-state index in [0.29, 0.717) is 5.75 Å². The van der Waals surface area contributed by atoms with E-state index in [0.717, 1.165) is 36.2 Å². The van der Waals surface area contributed by atoms with Crippen LogP contribution in [0.15, 0.2) is 16.6 Å². The summed E-state index contributed by atoms with van der Waals surface area (Å²) in [5, 5.41) is 14.0. The second-order valence-corrected chi connectivity index (χ2v) is 7.42. The van der Waals surface area contributed by atoms with E-state index < -0.39 is 0 Å². The molecule has 5 heteroatoms. The van der Waals surface area contributed by atoms with Gasteiger partial charge in [-0.1, -0.05) is 36.7 Å². The van der Waals surface area contributed by atoms with Gasteiger partial charge in [-0.25, -0.2) is 0 Å². The number of methoxy groups -OCH3 is 1. The lowest BCUT2D eigenvalue weighted by molar-refractivity contribution is 0.0834. The first-order valence-electron chi connectivity index (χ1n) is 7.36. The van der Waals surface area contributed by atoms with Crippen LogP contribution in [0.2, 0.25) is 0 Å². The molecule has 1 aromatic carbocycles. The van der Waals surface area contributed by atoms with Crippen LogP contribution >= 0.6 is 15.9 Å². The van der Waals surface area contributed by atoms with Gasteiger partial charge < -0.3 is 15.2 Å². The van der Waals surface area contributed by atoms with Gasteiger partial charge >= 0.3 is 0 Å². The SMILES string of the molecule is COc1ccc(Br)c([C@H](N2CCNCC2)C(C)(C)C)c1O. The van der Waals surface area contributed by atoms with Crippen molar-refractivity contribution in [3.63, 3.8) is 0 Å². The number of hydrogen-bond acceptors (Lipinski definition) is 4. The molecule has 2 N–H and O–H groups in total. The number of rotatable bonds is 3. The molecule has 1 aliphatic heterocycles. The number of phenolic OH excluding ortho intramolecular Hbond substituents is 1. The number of piperazine rings is 1. The molecule has 1 aliphatic rings. The first-order valence-corrected chi connectivity index (χ1v) is 8.15. The summed E-state index contributed by atoms with van der Waals surface area (Å²) in [5.74, 6) is 0.767. The molecule has 1 fully saturated rings. The van der Waals surface area contributed by atoms with Crippen LogP contribution in [0.25, 0.3) is 0 Å². The van der Waals surface area contributed by atoms with E-state index in [4.69, 9.17) is 4.74 Å². The number of benzene rings is 1. The Balaban J connectivity index is 2.51. The zero-order valence-corrected chi connectivity index (χ0v) is 14.8. The highest BCUT2D eigenvalue weighted by Crippen LogP contribution is 2.47. The predicted octanol–water partition coefficient (Wildman–Crippen LogP) is 3.16. The molecule has 0 unspecified atom stereocenters. The molecule has 1 atom stereocenters. The summed E-state index contributed by atoms with van der Waals surface area (Å²) in [7, 11) is 1.59.